The van der Waals surface area contributed by atoms with Gasteiger partial charge >= 0.3 is 5.97 Å². The zero-order valence-corrected chi connectivity index (χ0v) is 7.60. The smallest absolute Gasteiger partial charge is 0.320 e. The molecule has 0 saturated heterocycles. The quantitative estimate of drug-likeness (QED) is 0.592. The average molecular weight is 196 g/mol. The number of aliphatic carboxylic acids is 1. The van der Waals surface area contributed by atoms with Crippen LogP contribution in [0.5, 0.6) is 0 Å². The molecule has 6 nitrogen and oxygen atoms in total. The van der Waals surface area contributed by atoms with Crippen LogP contribution in [0.3, 0.4) is 0 Å². The maximum absolute atomic E-state index is 10.5. The molecule has 0 radical (unpaired) electrons. The number of hydrogen-bond donors (Lipinski definition) is 3. The van der Waals surface area contributed by atoms with Gasteiger partial charge in [0.05, 0.1) is 5.69 Å². The molecule has 0 fully saturated rings. The van der Waals surface area contributed by atoms with Gasteiger partial charge in [0.2, 0.25) is 5.95 Å². The largest absolute Gasteiger partial charge is 0.480 e. The van der Waals surface area contributed by atoms with Crippen molar-refractivity contribution < 1.29 is 9.90 Å². The Morgan fingerprint density at radius 1 is 1.86 bits per heavy atom. The lowest BCUT2D eigenvalue weighted by Crippen LogP contribution is -2.32. The van der Waals surface area contributed by atoms with Crippen LogP contribution in [-0.2, 0) is 17.8 Å². The predicted octanol–water partition coefficient (Wildman–Crippen LogP) is -0.737. The van der Waals surface area contributed by atoms with Gasteiger partial charge in [0.1, 0.15) is 6.04 Å². The van der Waals surface area contributed by atoms with Crippen LogP contribution in [0.15, 0.2) is 6.20 Å². The fraction of sp³-hybridized carbons (Fsp3) is 0.500. The molecule has 1 atom stereocenters. The lowest BCUT2D eigenvalue weighted by Gasteiger charge is -2.02. The first kappa shape index (κ1) is 9.01. The number of rotatable bonds is 3. The topological polar surface area (TPSA) is 93.2 Å². The first-order chi connectivity index (χ1) is 6.66. The summed E-state index contributed by atoms with van der Waals surface area (Å²) >= 11 is 0. The van der Waals surface area contributed by atoms with E-state index in [0.29, 0.717) is 0 Å². The zero-order valence-electron chi connectivity index (χ0n) is 7.60. The molecule has 1 aromatic rings. The zero-order chi connectivity index (χ0) is 10.1. The van der Waals surface area contributed by atoms with Gasteiger partial charge in [-0.2, -0.15) is 0 Å². The minimum Gasteiger partial charge on any atom is -0.480 e. The Hall–Kier alpha value is -1.56. The normalized spacial score (nSPS) is 16.1. The van der Waals surface area contributed by atoms with E-state index in [0.717, 1.165) is 24.7 Å². The van der Waals surface area contributed by atoms with E-state index in [1.807, 2.05) is 10.8 Å². The van der Waals surface area contributed by atoms with Gasteiger partial charge in [0.15, 0.2) is 0 Å². The number of nitrogens with one attached hydrogen (secondary N) is 1. The van der Waals surface area contributed by atoms with E-state index < -0.39 is 12.0 Å². The lowest BCUT2D eigenvalue weighted by molar-refractivity contribution is -0.138. The first-order valence-electron chi connectivity index (χ1n) is 4.45. The third-order valence-electron chi connectivity index (χ3n) is 2.21. The summed E-state index contributed by atoms with van der Waals surface area (Å²) in [6.45, 7) is 1.76. The third-order valence-corrected chi connectivity index (χ3v) is 2.21. The van der Waals surface area contributed by atoms with Gasteiger partial charge in [0.25, 0.3) is 0 Å². The third kappa shape index (κ3) is 1.56. The van der Waals surface area contributed by atoms with Gasteiger partial charge in [0, 0.05) is 25.7 Å². The molecule has 0 aliphatic carbocycles. The highest BCUT2D eigenvalue weighted by molar-refractivity contribution is 5.73. The number of aromatic nitrogens is 2. The van der Waals surface area contributed by atoms with Crippen LogP contribution in [0.4, 0.5) is 5.95 Å². The van der Waals surface area contributed by atoms with Gasteiger partial charge in [-0.3, -0.25) is 4.79 Å². The van der Waals surface area contributed by atoms with Crippen LogP contribution < -0.4 is 11.1 Å². The maximum Gasteiger partial charge on any atom is 0.320 e. The van der Waals surface area contributed by atoms with E-state index in [2.05, 4.69) is 10.3 Å². The molecule has 1 aliphatic heterocycles. The summed E-state index contributed by atoms with van der Waals surface area (Å²) in [7, 11) is 0. The monoisotopic (exact) mass is 196 g/mol. The summed E-state index contributed by atoms with van der Waals surface area (Å²) in [5, 5.41) is 11.7. The Kier molecular flexibility index (Phi) is 2.12. The minimum absolute atomic E-state index is 0.275. The number of fused-ring (bicyclic) bond motifs is 1. The molecule has 2 heterocycles. The van der Waals surface area contributed by atoms with Crippen molar-refractivity contribution in [3.63, 3.8) is 0 Å². The molecule has 1 aromatic heterocycles. The van der Waals surface area contributed by atoms with Crippen molar-refractivity contribution in [3.05, 3.63) is 11.9 Å². The van der Waals surface area contributed by atoms with Gasteiger partial charge in [-0.1, -0.05) is 0 Å². The summed E-state index contributed by atoms with van der Waals surface area (Å²) in [5.74, 6) is -0.191. The van der Waals surface area contributed by atoms with Crippen LogP contribution >= 0.6 is 0 Å². The summed E-state index contributed by atoms with van der Waals surface area (Å²) in [5.41, 5.74) is 6.12. The summed E-state index contributed by atoms with van der Waals surface area (Å²) in [6.07, 6.45) is 2.12. The highest BCUT2D eigenvalue weighted by Gasteiger charge is 2.17. The molecule has 4 N–H and O–H groups in total. The predicted molar refractivity (Wildman–Crippen MR) is 50.0 cm³/mol. The Balaban J connectivity index is 2.07. The molecule has 6 heteroatoms. The van der Waals surface area contributed by atoms with Gasteiger partial charge < -0.3 is 20.7 Å². The molecule has 14 heavy (non-hydrogen) atoms. The second-order valence-electron chi connectivity index (χ2n) is 3.32. The van der Waals surface area contributed by atoms with E-state index in [4.69, 9.17) is 10.8 Å². The van der Waals surface area contributed by atoms with Crippen molar-refractivity contribution in [3.8, 4) is 0 Å². The first-order valence-corrected chi connectivity index (χ1v) is 4.45. The number of carbonyl (C=O) groups is 1. The second kappa shape index (κ2) is 3.30. The Labute approximate surface area is 80.7 Å². The molecule has 0 spiro atoms. The highest BCUT2D eigenvalue weighted by atomic mass is 16.4. The lowest BCUT2D eigenvalue weighted by atomic mass is 10.2. The van der Waals surface area contributed by atoms with E-state index in [1.54, 1.807) is 0 Å². The number of imidazole rings is 1. The van der Waals surface area contributed by atoms with E-state index in [1.165, 1.54) is 0 Å². The van der Waals surface area contributed by atoms with Gasteiger partial charge in [-0.25, -0.2) is 4.98 Å². The summed E-state index contributed by atoms with van der Waals surface area (Å²) < 4.78 is 1.96. The fourth-order valence-electron chi connectivity index (χ4n) is 1.48. The number of nitrogens with two attached hydrogens (primary N) is 1. The molecule has 0 amide bonds. The van der Waals surface area contributed by atoms with Crippen molar-refractivity contribution in [2.45, 2.75) is 19.0 Å². The molecule has 1 aliphatic rings. The number of hydrogen-bond acceptors (Lipinski definition) is 4. The second-order valence-corrected chi connectivity index (χ2v) is 3.32. The average Bonchev–Trinajstić information content (AvgIpc) is 2.63. The van der Waals surface area contributed by atoms with E-state index in [9.17, 15) is 4.79 Å². The summed E-state index contributed by atoms with van der Waals surface area (Å²) in [6, 6.07) is -0.870. The van der Waals surface area contributed by atoms with E-state index >= 15 is 0 Å². The number of carboxylic acids is 1. The Morgan fingerprint density at radius 3 is 3.29 bits per heavy atom. The van der Waals surface area contributed by atoms with Crippen molar-refractivity contribution in [1.82, 2.24) is 9.55 Å². The molecule has 1 unspecified atom stereocenters. The summed E-state index contributed by atoms with van der Waals surface area (Å²) in [4.78, 5) is 14.7. The SMILES string of the molecule is NC(Cc1cn2c(n1)NCC2)C(=O)O. The van der Waals surface area contributed by atoms with Crippen LogP contribution in [0.25, 0.3) is 0 Å². The molecule has 0 aromatic carbocycles. The minimum atomic E-state index is -0.994. The van der Waals surface area contributed by atoms with Crippen LogP contribution in [0.1, 0.15) is 5.69 Å². The Morgan fingerprint density at radius 2 is 2.64 bits per heavy atom. The van der Waals surface area contributed by atoms with E-state index in [-0.39, 0.29) is 6.42 Å². The van der Waals surface area contributed by atoms with Crippen LogP contribution in [0.2, 0.25) is 0 Å². The van der Waals surface area contributed by atoms with Crippen molar-refractivity contribution in [2.24, 2.45) is 5.73 Å². The fourth-order valence-corrected chi connectivity index (χ4v) is 1.48. The number of nitrogens with zero attached hydrogens (tertiary/aromatic N) is 2. The molecule has 2 rings (SSSR count). The molecular formula is C8H12N4O2. The number of carboxylic acid groups (broad SMARTS) is 1. The molecular weight excluding hydrogens is 184 g/mol. The van der Waals surface area contributed by atoms with Crippen molar-refractivity contribution in [2.75, 3.05) is 11.9 Å². The van der Waals surface area contributed by atoms with Gasteiger partial charge in [-0.15, -0.1) is 0 Å². The van der Waals surface area contributed by atoms with Gasteiger partial charge in [-0.05, 0) is 0 Å². The molecule has 0 saturated carbocycles. The Bertz CT molecular complexity index is 339. The molecule has 76 valence electrons. The highest BCUT2D eigenvalue weighted by Crippen LogP contribution is 2.14. The van der Waals surface area contributed by atoms with Crippen LogP contribution in [-0.4, -0.2) is 33.2 Å². The molecule has 0 bridgehead atoms. The van der Waals surface area contributed by atoms with Crippen molar-refractivity contribution >= 4 is 11.9 Å². The van der Waals surface area contributed by atoms with Crippen LogP contribution in [0, 0.1) is 0 Å². The van der Waals surface area contributed by atoms with Crippen molar-refractivity contribution in [1.29, 1.82) is 0 Å². The standard InChI is InChI=1S/C8H12N4O2/c9-6(7(13)14)3-5-4-12-2-1-10-8(12)11-5/h4,6H,1-3,9H2,(H,10,11)(H,13,14). The maximum atomic E-state index is 10.5. The number of anilines is 1.